The highest BCUT2D eigenvalue weighted by Crippen LogP contribution is 2.31. The van der Waals surface area contributed by atoms with Gasteiger partial charge in [0.25, 0.3) is 5.91 Å². The second-order valence-electron chi connectivity index (χ2n) is 6.62. The van der Waals surface area contributed by atoms with Gasteiger partial charge in [-0.05, 0) is 43.5 Å². The van der Waals surface area contributed by atoms with Gasteiger partial charge in [0, 0.05) is 29.9 Å². The summed E-state index contributed by atoms with van der Waals surface area (Å²) >= 11 is 0. The fraction of sp³-hybridized carbons (Fsp3) is 0.350. The Hall–Kier alpha value is -2.69. The molecule has 1 aromatic heterocycles. The third kappa shape index (κ3) is 3.71. The molecule has 1 heterocycles. The lowest BCUT2D eigenvalue weighted by atomic mass is 9.98. The molecule has 5 nitrogen and oxygen atoms in total. The Bertz CT molecular complexity index is 785. The Morgan fingerprint density at radius 3 is 2.60 bits per heavy atom. The Kier molecular flexibility index (Phi) is 4.83. The third-order valence-corrected chi connectivity index (χ3v) is 4.65. The fourth-order valence-corrected chi connectivity index (χ4v) is 2.98. The quantitative estimate of drug-likeness (QED) is 0.876. The minimum absolute atomic E-state index is 0.0918. The van der Waals surface area contributed by atoms with E-state index in [2.05, 4.69) is 4.98 Å². The number of benzene rings is 1. The number of hydrogen-bond donors (Lipinski definition) is 1. The van der Waals surface area contributed by atoms with Gasteiger partial charge in [-0.1, -0.05) is 25.1 Å². The van der Waals surface area contributed by atoms with Crippen LogP contribution in [-0.4, -0.2) is 39.5 Å². The van der Waals surface area contributed by atoms with Gasteiger partial charge in [0.15, 0.2) is 0 Å². The van der Waals surface area contributed by atoms with Crippen LogP contribution in [0.5, 0.6) is 0 Å². The summed E-state index contributed by atoms with van der Waals surface area (Å²) in [5.74, 6) is -1.55. The average Bonchev–Trinajstić information content (AvgIpc) is 3.44. The van der Waals surface area contributed by atoms with E-state index in [1.54, 1.807) is 18.0 Å². The normalized spacial score (nSPS) is 14.8. The number of carboxylic acids is 1. The molecule has 0 radical (unpaired) electrons. The molecule has 1 unspecified atom stereocenters. The molecular weight excluding hydrogens is 316 g/mol. The highest BCUT2D eigenvalue weighted by atomic mass is 16.4. The molecule has 0 aliphatic heterocycles. The molecule has 1 atom stereocenters. The molecule has 1 aliphatic rings. The monoisotopic (exact) mass is 338 g/mol. The highest BCUT2D eigenvalue weighted by molar-refractivity contribution is 5.98. The molecule has 1 N–H and O–H groups in total. The average molecular weight is 338 g/mol. The van der Waals surface area contributed by atoms with E-state index < -0.39 is 11.9 Å². The molecule has 130 valence electrons. The number of carbonyl (C=O) groups is 2. The summed E-state index contributed by atoms with van der Waals surface area (Å²) in [7, 11) is 0. The van der Waals surface area contributed by atoms with Crippen molar-refractivity contribution in [2.75, 3.05) is 6.54 Å². The summed E-state index contributed by atoms with van der Waals surface area (Å²) < 4.78 is 0. The van der Waals surface area contributed by atoms with Crippen molar-refractivity contribution >= 4 is 11.9 Å². The van der Waals surface area contributed by atoms with E-state index in [4.69, 9.17) is 0 Å². The Labute approximate surface area is 147 Å². The first-order valence-electron chi connectivity index (χ1n) is 8.54. The van der Waals surface area contributed by atoms with Gasteiger partial charge in [0.2, 0.25) is 0 Å². The smallest absolute Gasteiger partial charge is 0.308 e. The summed E-state index contributed by atoms with van der Waals surface area (Å²) in [5, 5.41) is 9.19. The lowest BCUT2D eigenvalue weighted by molar-refractivity contribution is -0.141. The van der Waals surface area contributed by atoms with Gasteiger partial charge in [0.1, 0.15) is 0 Å². The highest BCUT2D eigenvalue weighted by Gasteiger charge is 2.35. The van der Waals surface area contributed by atoms with Crippen molar-refractivity contribution in [1.29, 1.82) is 0 Å². The first-order chi connectivity index (χ1) is 12.0. The summed E-state index contributed by atoms with van der Waals surface area (Å²) in [6.45, 7) is 3.80. The molecule has 1 saturated carbocycles. The molecule has 3 rings (SSSR count). The molecule has 0 bridgehead atoms. The molecule has 5 heteroatoms. The van der Waals surface area contributed by atoms with Crippen LogP contribution in [0.15, 0.2) is 42.6 Å². The minimum atomic E-state index is -0.877. The third-order valence-electron chi connectivity index (χ3n) is 4.65. The lowest BCUT2D eigenvalue weighted by Gasteiger charge is -2.25. The molecule has 0 saturated heterocycles. The van der Waals surface area contributed by atoms with E-state index in [0.717, 1.165) is 29.7 Å². The first kappa shape index (κ1) is 17.1. The van der Waals surface area contributed by atoms with Crippen LogP contribution in [0.1, 0.15) is 35.7 Å². The van der Waals surface area contributed by atoms with E-state index in [-0.39, 0.29) is 18.5 Å². The van der Waals surface area contributed by atoms with Crippen LogP contribution in [0.25, 0.3) is 11.3 Å². The zero-order valence-corrected chi connectivity index (χ0v) is 14.5. The lowest BCUT2D eigenvalue weighted by Crippen LogP contribution is -2.38. The van der Waals surface area contributed by atoms with Crippen molar-refractivity contribution in [3.05, 3.63) is 53.7 Å². The van der Waals surface area contributed by atoms with Gasteiger partial charge >= 0.3 is 5.97 Å². The Morgan fingerprint density at radius 1 is 1.24 bits per heavy atom. The maximum absolute atomic E-state index is 13.1. The second kappa shape index (κ2) is 7.05. The van der Waals surface area contributed by atoms with E-state index in [0.29, 0.717) is 5.56 Å². The SMILES string of the molecule is Cc1c(C(=O)N(CC(C)C(=O)O)C2CC2)cccc1-c1ccccn1. The van der Waals surface area contributed by atoms with Crippen molar-refractivity contribution in [3.8, 4) is 11.3 Å². The summed E-state index contributed by atoms with van der Waals surface area (Å²) in [6.07, 6.45) is 3.61. The van der Waals surface area contributed by atoms with E-state index in [1.165, 1.54) is 0 Å². The summed E-state index contributed by atoms with van der Waals surface area (Å²) in [4.78, 5) is 30.4. The molecule has 1 amide bonds. The topological polar surface area (TPSA) is 70.5 Å². The van der Waals surface area contributed by atoms with Gasteiger partial charge in [0.05, 0.1) is 11.6 Å². The predicted octanol–water partition coefficient (Wildman–Crippen LogP) is 3.38. The van der Waals surface area contributed by atoms with Crippen molar-refractivity contribution in [3.63, 3.8) is 0 Å². The minimum Gasteiger partial charge on any atom is -0.481 e. The Morgan fingerprint density at radius 2 is 2.00 bits per heavy atom. The van der Waals surface area contributed by atoms with Crippen LogP contribution in [0.3, 0.4) is 0 Å². The zero-order valence-electron chi connectivity index (χ0n) is 14.5. The van der Waals surface area contributed by atoms with E-state index in [1.807, 2.05) is 43.3 Å². The van der Waals surface area contributed by atoms with Crippen LogP contribution >= 0.6 is 0 Å². The molecular formula is C20H22N2O3. The number of hydrogen-bond acceptors (Lipinski definition) is 3. The van der Waals surface area contributed by atoms with Crippen molar-refractivity contribution in [1.82, 2.24) is 9.88 Å². The van der Waals surface area contributed by atoms with E-state index >= 15 is 0 Å². The van der Waals surface area contributed by atoms with Gasteiger partial charge in [-0.3, -0.25) is 14.6 Å². The number of pyridine rings is 1. The van der Waals surface area contributed by atoms with Crippen molar-refractivity contribution < 1.29 is 14.7 Å². The van der Waals surface area contributed by atoms with E-state index in [9.17, 15) is 14.7 Å². The fourth-order valence-electron chi connectivity index (χ4n) is 2.98. The summed E-state index contributed by atoms with van der Waals surface area (Å²) in [6, 6.07) is 11.5. The summed E-state index contributed by atoms with van der Waals surface area (Å²) in [5.41, 5.74) is 3.24. The van der Waals surface area contributed by atoms with Gasteiger partial charge in [-0.15, -0.1) is 0 Å². The van der Waals surface area contributed by atoms with Crippen LogP contribution in [0, 0.1) is 12.8 Å². The van der Waals surface area contributed by atoms with Crippen LogP contribution in [0.2, 0.25) is 0 Å². The Balaban J connectivity index is 1.92. The maximum Gasteiger partial charge on any atom is 0.308 e. The molecule has 1 aliphatic carbocycles. The number of rotatable bonds is 6. The largest absolute Gasteiger partial charge is 0.481 e. The van der Waals surface area contributed by atoms with Crippen molar-refractivity contribution in [2.45, 2.75) is 32.7 Å². The molecule has 2 aromatic rings. The van der Waals surface area contributed by atoms with Gasteiger partial charge in [-0.25, -0.2) is 0 Å². The number of aromatic nitrogens is 1. The number of carboxylic acid groups (broad SMARTS) is 1. The van der Waals surface area contributed by atoms with Crippen molar-refractivity contribution in [2.24, 2.45) is 5.92 Å². The van der Waals surface area contributed by atoms with Crippen LogP contribution in [0.4, 0.5) is 0 Å². The molecule has 25 heavy (non-hydrogen) atoms. The molecule has 1 fully saturated rings. The van der Waals surface area contributed by atoms with Gasteiger partial charge < -0.3 is 10.0 Å². The molecule has 1 aromatic carbocycles. The maximum atomic E-state index is 13.1. The first-order valence-corrected chi connectivity index (χ1v) is 8.54. The second-order valence-corrected chi connectivity index (χ2v) is 6.62. The predicted molar refractivity (Wildman–Crippen MR) is 95.3 cm³/mol. The molecule has 0 spiro atoms. The van der Waals surface area contributed by atoms with Gasteiger partial charge in [-0.2, -0.15) is 0 Å². The number of amides is 1. The van der Waals surface area contributed by atoms with Crippen LogP contribution < -0.4 is 0 Å². The standard InChI is InChI=1S/C20H22N2O3/c1-13(20(24)25)12-22(15-9-10-15)19(23)17-7-5-6-16(14(17)2)18-8-3-4-11-21-18/h3-8,11,13,15H,9-10,12H2,1-2H3,(H,24,25). The number of carbonyl (C=O) groups excluding carboxylic acids is 1. The number of aliphatic carboxylic acids is 1. The number of nitrogens with zero attached hydrogens (tertiary/aromatic N) is 2. The van der Waals surface area contributed by atoms with Crippen LogP contribution in [-0.2, 0) is 4.79 Å². The zero-order chi connectivity index (χ0) is 18.0.